The summed E-state index contributed by atoms with van der Waals surface area (Å²) in [4.78, 5) is 2.54. The number of halogens is 2. The fourth-order valence-corrected chi connectivity index (χ4v) is 6.80. The molecule has 3 aromatic carbocycles. The second-order valence-corrected chi connectivity index (χ2v) is 11.7. The number of hydrogen-bond donors (Lipinski definition) is 1. The molecule has 0 amide bonds. The summed E-state index contributed by atoms with van der Waals surface area (Å²) in [5, 5.41) is 9.62. The Hall–Kier alpha value is -2.07. The van der Waals surface area contributed by atoms with Crippen molar-refractivity contribution in [1.82, 2.24) is 4.90 Å². The molecule has 1 aliphatic heterocycles. The number of nitrogens with zero attached hydrogens (tertiary/aromatic N) is 2. The molecular weight excluding hydrogens is 584 g/mol. The number of anilines is 1. The highest BCUT2D eigenvalue weighted by Crippen LogP contribution is 2.33. The second kappa shape index (κ2) is 11.1. The van der Waals surface area contributed by atoms with E-state index >= 15 is 0 Å². The Morgan fingerprint density at radius 2 is 1.62 bits per heavy atom. The Balaban J connectivity index is 1.59. The van der Waals surface area contributed by atoms with Gasteiger partial charge in [-0.3, -0.25) is 9.21 Å². The van der Waals surface area contributed by atoms with Gasteiger partial charge in [-0.15, -0.1) is 0 Å². The summed E-state index contributed by atoms with van der Waals surface area (Å²) in [7, 11) is -3.91. The van der Waals surface area contributed by atoms with Crippen LogP contribution in [-0.4, -0.2) is 44.7 Å². The molecule has 180 valence electrons. The Bertz CT molecular complexity index is 1210. The summed E-state index contributed by atoms with van der Waals surface area (Å²) in [6.07, 6.45) is 2.49. The first kappa shape index (κ1) is 25.0. The summed E-state index contributed by atoms with van der Waals surface area (Å²) in [6.45, 7) is 3.84. The number of phenols is 1. The molecule has 1 N–H and O–H groups in total. The summed E-state index contributed by atoms with van der Waals surface area (Å²) in [5.74, 6) is 0.830. The summed E-state index contributed by atoms with van der Waals surface area (Å²) < 4.78 is 35.9. The zero-order valence-corrected chi connectivity index (χ0v) is 22.5. The van der Waals surface area contributed by atoms with Gasteiger partial charge in [-0.1, -0.05) is 28.1 Å². The second-order valence-electron chi connectivity index (χ2n) is 8.14. The van der Waals surface area contributed by atoms with Crippen molar-refractivity contribution in [3.05, 3.63) is 81.2 Å². The van der Waals surface area contributed by atoms with Crippen molar-refractivity contribution in [1.29, 1.82) is 0 Å². The lowest BCUT2D eigenvalue weighted by Crippen LogP contribution is -2.31. The lowest BCUT2D eigenvalue weighted by Gasteiger charge is -2.25. The van der Waals surface area contributed by atoms with E-state index in [-0.39, 0.29) is 17.2 Å². The van der Waals surface area contributed by atoms with E-state index in [2.05, 4.69) is 36.8 Å². The van der Waals surface area contributed by atoms with Crippen LogP contribution in [0.1, 0.15) is 18.4 Å². The Labute approximate surface area is 217 Å². The minimum atomic E-state index is -3.91. The molecule has 0 unspecified atom stereocenters. The summed E-state index contributed by atoms with van der Waals surface area (Å²) >= 11 is 6.76. The van der Waals surface area contributed by atoms with Crippen molar-refractivity contribution in [3.63, 3.8) is 0 Å². The van der Waals surface area contributed by atoms with E-state index < -0.39 is 10.0 Å². The molecule has 9 heteroatoms. The number of rotatable bonds is 9. The Kier molecular flexibility index (Phi) is 8.18. The van der Waals surface area contributed by atoms with Gasteiger partial charge in [0.2, 0.25) is 0 Å². The topological polar surface area (TPSA) is 70.1 Å². The molecule has 1 aliphatic rings. The number of ether oxygens (including phenoxy) is 1. The fraction of sp³-hybridized carbons (Fsp3) is 0.280. The highest BCUT2D eigenvalue weighted by atomic mass is 79.9. The average Bonchev–Trinajstić information content (AvgIpc) is 3.34. The maximum atomic E-state index is 13.8. The van der Waals surface area contributed by atoms with Gasteiger partial charge in [0.05, 0.1) is 12.2 Å². The largest absolute Gasteiger partial charge is 0.508 e. The Morgan fingerprint density at radius 1 is 0.941 bits per heavy atom. The first-order chi connectivity index (χ1) is 16.3. The first-order valence-corrected chi connectivity index (χ1v) is 14.1. The zero-order chi connectivity index (χ0) is 24.1. The summed E-state index contributed by atoms with van der Waals surface area (Å²) in [6, 6.07) is 18.7. The molecule has 0 aromatic heterocycles. The van der Waals surface area contributed by atoms with E-state index in [1.165, 1.54) is 17.1 Å². The maximum absolute atomic E-state index is 13.8. The van der Waals surface area contributed by atoms with Crippen LogP contribution in [0, 0.1) is 0 Å². The van der Waals surface area contributed by atoms with Crippen molar-refractivity contribution in [2.24, 2.45) is 0 Å². The standard InChI is InChI=1S/C25H26Br2N2O4S/c26-20-5-12-24(27)25(17-20)34(31,32)29(18-19-3-8-22(30)9-4-19)21-6-10-23(11-7-21)33-16-15-28-13-1-2-14-28/h3-12,17,30H,1-2,13-16,18H2. The zero-order valence-electron chi connectivity index (χ0n) is 18.5. The molecule has 3 aromatic rings. The fourth-order valence-electron chi connectivity index (χ4n) is 3.88. The number of phenolic OH excluding ortho intramolecular Hbond substituents is 1. The van der Waals surface area contributed by atoms with E-state index in [9.17, 15) is 13.5 Å². The van der Waals surface area contributed by atoms with E-state index in [1.54, 1.807) is 66.7 Å². The van der Waals surface area contributed by atoms with Crippen molar-refractivity contribution in [3.8, 4) is 11.5 Å². The third-order valence-electron chi connectivity index (χ3n) is 5.72. The SMILES string of the molecule is O=S(=O)(c1cc(Br)ccc1Br)N(Cc1ccc(O)cc1)c1ccc(OCCN2CCCC2)cc1. The van der Waals surface area contributed by atoms with Crippen LogP contribution in [0.2, 0.25) is 0 Å². The number of sulfonamides is 1. The van der Waals surface area contributed by atoms with Crippen LogP contribution >= 0.6 is 31.9 Å². The molecule has 6 nitrogen and oxygen atoms in total. The summed E-state index contributed by atoms with van der Waals surface area (Å²) in [5.41, 5.74) is 1.27. The predicted octanol–water partition coefficient (Wildman–Crippen LogP) is 5.79. The van der Waals surface area contributed by atoms with Crippen LogP contribution in [-0.2, 0) is 16.6 Å². The van der Waals surface area contributed by atoms with Gasteiger partial charge < -0.3 is 9.84 Å². The van der Waals surface area contributed by atoms with Crippen LogP contribution in [0.5, 0.6) is 11.5 Å². The molecule has 34 heavy (non-hydrogen) atoms. The van der Waals surface area contributed by atoms with E-state index in [1.807, 2.05) is 0 Å². The van der Waals surface area contributed by atoms with Gasteiger partial charge in [-0.25, -0.2) is 8.42 Å². The van der Waals surface area contributed by atoms with Gasteiger partial charge in [0.25, 0.3) is 10.0 Å². The molecule has 0 aliphatic carbocycles. The van der Waals surface area contributed by atoms with Crippen molar-refractivity contribution in [2.75, 3.05) is 30.5 Å². The third-order valence-corrected chi connectivity index (χ3v) is 8.98. The van der Waals surface area contributed by atoms with Crippen molar-refractivity contribution in [2.45, 2.75) is 24.3 Å². The monoisotopic (exact) mass is 608 g/mol. The quantitative estimate of drug-likeness (QED) is 0.333. The highest BCUT2D eigenvalue weighted by molar-refractivity contribution is 9.11. The lowest BCUT2D eigenvalue weighted by molar-refractivity contribution is 0.238. The van der Waals surface area contributed by atoms with Crippen LogP contribution in [0.3, 0.4) is 0 Å². The van der Waals surface area contributed by atoms with Gasteiger partial charge in [-0.2, -0.15) is 0 Å². The molecule has 1 fully saturated rings. The molecule has 0 saturated carbocycles. The normalized spacial score (nSPS) is 14.3. The minimum Gasteiger partial charge on any atom is -0.508 e. The lowest BCUT2D eigenvalue weighted by atomic mass is 10.2. The van der Waals surface area contributed by atoms with Gasteiger partial charge in [0.1, 0.15) is 23.0 Å². The molecule has 4 rings (SSSR count). The van der Waals surface area contributed by atoms with Crippen molar-refractivity contribution >= 4 is 47.6 Å². The van der Waals surface area contributed by atoms with Gasteiger partial charge in [0.15, 0.2) is 0 Å². The minimum absolute atomic E-state index is 0.108. The molecule has 1 saturated heterocycles. The van der Waals surface area contributed by atoms with E-state index in [4.69, 9.17) is 4.74 Å². The smallest absolute Gasteiger partial charge is 0.265 e. The number of benzene rings is 3. The molecule has 0 spiro atoms. The van der Waals surface area contributed by atoms with E-state index in [0.717, 1.165) is 25.2 Å². The highest BCUT2D eigenvalue weighted by Gasteiger charge is 2.28. The van der Waals surface area contributed by atoms with E-state index in [0.29, 0.717) is 27.0 Å². The average molecular weight is 610 g/mol. The predicted molar refractivity (Wildman–Crippen MR) is 141 cm³/mol. The maximum Gasteiger partial charge on any atom is 0.265 e. The van der Waals surface area contributed by atoms with Gasteiger partial charge in [0, 0.05) is 15.5 Å². The number of aromatic hydroxyl groups is 1. The van der Waals surface area contributed by atoms with Gasteiger partial charge >= 0.3 is 0 Å². The van der Waals surface area contributed by atoms with Gasteiger partial charge in [-0.05, 0) is 102 Å². The van der Waals surface area contributed by atoms with Crippen LogP contribution in [0.4, 0.5) is 5.69 Å². The van der Waals surface area contributed by atoms with Crippen molar-refractivity contribution < 1.29 is 18.3 Å². The molecular formula is C25H26Br2N2O4S. The molecule has 0 radical (unpaired) electrons. The third kappa shape index (κ3) is 6.13. The van der Waals surface area contributed by atoms with Crippen LogP contribution < -0.4 is 9.04 Å². The molecule has 1 heterocycles. The van der Waals surface area contributed by atoms with Crippen LogP contribution in [0.25, 0.3) is 0 Å². The number of hydrogen-bond acceptors (Lipinski definition) is 5. The molecule has 0 bridgehead atoms. The number of likely N-dealkylation sites (tertiary alicyclic amines) is 1. The van der Waals surface area contributed by atoms with Crippen LogP contribution in [0.15, 0.2) is 80.6 Å². The molecule has 0 atom stereocenters. The first-order valence-electron chi connectivity index (χ1n) is 11.0. The Morgan fingerprint density at radius 3 is 2.29 bits per heavy atom.